The molecule has 1 aromatic heterocycles. The Balaban J connectivity index is 2.22. The van der Waals surface area contributed by atoms with E-state index in [9.17, 15) is 0 Å². The van der Waals surface area contributed by atoms with E-state index < -0.39 is 6.29 Å². The van der Waals surface area contributed by atoms with Crippen LogP contribution in [0.25, 0.3) is 10.9 Å². The number of aromatic nitrogens is 1. The largest absolute Gasteiger partial charge is 0.368 e. The predicted octanol–water partition coefficient (Wildman–Crippen LogP) is 1.66. The molecule has 0 amide bonds. The van der Waals surface area contributed by atoms with Crippen molar-refractivity contribution in [2.75, 3.05) is 0 Å². The van der Waals surface area contributed by atoms with E-state index in [0.717, 1.165) is 16.6 Å². The average Bonchev–Trinajstić information content (AvgIpc) is 2.59. The molecule has 15 heavy (non-hydrogen) atoms. The minimum atomic E-state index is -1.25. The van der Waals surface area contributed by atoms with E-state index in [2.05, 4.69) is 4.98 Å². The highest BCUT2D eigenvalue weighted by Gasteiger charge is 2.12. The summed E-state index contributed by atoms with van der Waals surface area (Å²) in [6.07, 6.45) is -0.608. The Labute approximate surface area is 88.4 Å². The van der Waals surface area contributed by atoms with Crippen molar-refractivity contribution in [3.63, 3.8) is 0 Å². The van der Waals surface area contributed by atoms with Gasteiger partial charge in [0.1, 0.15) is 0 Å². The van der Waals surface area contributed by atoms with Gasteiger partial charge in [0.05, 0.1) is 0 Å². The molecule has 80 valence electrons. The molecule has 3 nitrogen and oxygen atoms in total. The number of aliphatic hydroxyl groups is 2. The van der Waals surface area contributed by atoms with E-state index in [1.165, 1.54) is 0 Å². The Morgan fingerprint density at radius 3 is 2.67 bits per heavy atom. The van der Waals surface area contributed by atoms with E-state index in [4.69, 9.17) is 10.2 Å². The Kier molecular flexibility index (Phi) is 2.75. The molecule has 1 atom stereocenters. The van der Waals surface area contributed by atoms with Crippen LogP contribution < -0.4 is 0 Å². The summed E-state index contributed by atoms with van der Waals surface area (Å²) in [5.74, 6) is -0.155. The van der Waals surface area contributed by atoms with Crippen LogP contribution >= 0.6 is 0 Å². The summed E-state index contributed by atoms with van der Waals surface area (Å²) >= 11 is 0. The lowest BCUT2D eigenvalue weighted by atomic mass is 10.1. The minimum Gasteiger partial charge on any atom is -0.368 e. The molecule has 0 radical (unpaired) electrons. The molecule has 1 unspecified atom stereocenters. The molecule has 3 N–H and O–H groups in total. The Morgan fingerprint density at radius 2 is 2.00 bits per heavy atom. The van der Waals surface area contributed by atoms with Gasteiger partial charge in [-0.2, -0.15) is 0 Å². The number of para-hydroxylation sites is 1. The lowest BCUT2D eigenvalue weighted by molar-refractivity contribution is -0.0782. The fourth-order valence-electron chi connectivity index (χ4n) is 1.70. The highest BCUT2D eigenvalue weighted by molar-refractivity contribution is 5.80. The van der Waals surface area contributed by atoms with Gasteiger partial charge < -0.3 is 15.2 Å². The molecule has 0 spiro atoms. The van der Waals surface area contributed by atoms with Gasteiger partial charge in [-0.1, -0.05) is 25.1 Å². The maximum Gasteiger partial charge on any atom is 0.154 e. The van der Waals surface area contributed by atoms with Gasteiger partial charge in [0.25, 0.3) is 0 Å². The van der Waals surface area contributed by atoms with Crippen LogP contribution in [0.2, 0.25) is 0 Å². The van der Waals surface area contributed by atoms with Crippen molar-refractivity contribution in [1.82, 2.24) is 4.98 Å². The SMILES string of the molecule is CC(Cc1cc2ccccc2[nH]1)C(O)O. The van der Waals surface area contributed by atoms with Gasteiger partial charge in [-0.05, 0) is 23.9 Å². The maximum absolute atomic E-state index is 9.00. The van der Waals surface area contributed by atoms with Crippen molar-refractivity contribution in [1.29, 1.82) is 0 Å². The van der Waals surface area contributed by atoms with Crippen LogP contribution in [0.15, 0.2) is 30.3 Å². The van der Waals surface area contributed by atoms with Crippen molar-refractivity contribution in [2.24, 2.45) is 5.92 Å². The first kappa shape index (κ1) is 10.2. The number of nitrogens with one attached hydrogen (secondary N) is 1. The van der Waals surface area contributed by atoms with E-state index in [-0.39, 0.29) is 5.92 Å². The Bertz CT molecular complexity index is 415. The van der Waals surface area contributed by atoms with Crippen LogP contribution in [0.1, 0.15) is 12.6 Å². The lowest BCUT2D eigenvalue weighted by Gasteiger charge is -2.11. The first-order valence-electron chi connectivity index (χ1n) is 5.09. The molecule has 1 aromatic carbocycles. The van der Waals surface area contributed by atoms with E-state index in [0.29, 0.717) is 6.42 Å². The first-order valence-corrected chi connectivity index (χ1v) is 5.09. The molecule has 0 aliphatic rings. The highest BCUT2D eigenvalue weighted by Crippen LogP contribution is 2.17. The number of benzene rings is 1. The summed E-state index contributed by atoms with van der Waals surface area (Å²) in [6.45, 7) is 1.82. The monoisotopic (exact) mass is 205 g/mol. The van der Waals surface area contributed by atoms with Gasteiger partial charge in [-0.15, -0.1) is 0 Å². The van der Waals surface area contributed by atoms with Gasteiger partial charge in [0.15, 0.2) is 6.29 Å². The van der Waals surface area contributed by atoms with E-state index in [1.54, 1.807) is 0 Å². The molecule has 2 aromatic rings. The van der Waals surface area contributed by atoms with Gasteiger partial charge in [0, 0.05) is 17.1 Å². The van der Waals surface area contributed by atoms with Crippen LogP contribution in [0, 0.1) is 5.92 Å². The zero-order valence-corrected chi connectivity index (χ0v) is 8.64. The Hall–Kier alpha value is -1.32. The van der Waals surface area contributed by atoms with Crippen LogP contribution in [0.3, 0.4) is 0 Å². The highest BCUT2D eigenvalue weighted by atomic mass is 16.5. The van der Waals surface area contributed by atoms with Crippen LogP contribution in [-0.4, -0.2) is 21.5 Å². The second-order valence-electron chi connectivity index (χ2n) is 3.98. The normalized spacial score (nSPS) is 13.6. The third-order valence-corrected chi connectivity index (χ3v) is 2.64. The molecular weight excluding hydrogens is 190 g/mol. The summed E-state index contributed by atoms with van der Waals surface area (Å²) in [7, 11) is 0. The van der Waals surface area contributed by atoms with E-state index in [1.807, 2.05) is 37.3 Å². The number of rotatable bonds is 3. The molecule has 0 aliphatic heterocycles. The topological polar surface area (TPSA) is 56.2 Å². The maximum atomic E-state index is 9.00. The van der Waals surface area contributed by atoms with Gasteiger partial charge in [-0.3, -0.25) is 0 Å². The van der Waals surface area contributed by atoms with Crippen molar-refractivity contribution in [2.45, 2.75) is 19.6 Å². The zero-order valence-electron chi connectivity index (χ0n) is 8.64. The number of hydrogen-bond donors (Lipinski definition) is 3. The average molecular weight is 205 g/mol. The lowest BCUT2D eigenvalue weighted by Crippen LogP contribution is -2.18. The van der Waals surface area contributed by atoms with Gasteiger partial charge in [-0.25, -0.2) is 0 Å². The number of fused-ring (bicyclic) bond motifs is 1. The fourth-order valence-corrected chi connectivity index (χ4v) is 1.70. The summed E-state index contributed by atoms with van der Waals surface area (Å²) in [5.41, 5.74) is 2.13. The summed E-state index contributed by atoms with van der Waals surface area (Å²) in [5, 5.41) is 19.2. The van der Waals surface area contributed by atoms with Crippen molar-refractivity contribution < 1.29 is 10.2 Å². The number of aliphatic hydroxyl groups excluding tert-OH is 1. The first-order chi connectivity index (χ1) is 7.16. The molecule has 0 fully saturated rings. The number of hydrogen-bond acceptors (Lipinski definition) is 2. The van der Waals surface area contributed by atoms with Crippen LogP contribution in [0.5, 0.6) is 0 Å². The smallest absolute Gasteiger partial charge is 0.154 e. The summed E-state index contributed by atoms with van der Waals surface area (Å²) in [4.78, 5) is 3.26. The van der Waals surface area contributed by atoms with E-state index >= 15 is 0 Å². The summed E-state index contributed by atoms with van der Waals surface area (Å²) in [6, 6.07) is 10.1. The second-order valence-corrected chi connectivity index (χ2v) is 3.98. The molecule has 0 saturated heterocycles. The van der Waals surface area contributed by atoms with Gasteiger partial charge >= 0.3 is 0 Å². The second kappa shape index (κ2) is 4.04. The summed E-state index contributed by atoms with van der Waals surface area (Å²) < 4.78 is 0. The number of H-pyrrole nitrogens is 1. The van der Waals surface area contributed by atoms with Crippen molar-refractivity contribution in [3.05, 3.63) is 36.0 Å². The van der Waals surface area contributed by atoms with Crippen LogP contribution in [0.4, 0.5) is 0 Å². The molecule has 0 bridgehead atoms. The molecular formula is C12H15NO2. The Morgan fingerprint density at radius 1 is 1.27 bits per heavy atom. The molecule has 0 aliphatic carbocycles. The van der Waals surface area contributed by atoms with Crippen molar-refractivity contribution >= 4 is 10.9 Å². The standard InChI is InChI=1S/C12H15NO2/c1-8(12(14)15)6-10-7-9-4-2-3-5-11(9)13-10/h2-5,7-8,12-15H,6H2,1H3. The third-order valence-electron chi connectivity index (χ3n) is 2.64. The molecule has 1 heterocycles. The third kappa shape index (κ3) is 2.19. The number of aromatic amines is 1. The fraction of sp³-hybridized carbons (Fsp3) is 0.333. The van der Waals surface area contributed by atoms with Crippen molar-refractivity contribution in [3.8, 4) is 0 Å². The van der Waals surface area contributed by atoms with Crippen LogP contribution in [-0.2, 0) is 6.42 Å². The quantitative estimate of drug-likeness (QED) is 0.667. The minimum absolute atomic E-state index is 0.155. The molecule has 2 rings (SSSR count). The molecule has 0 saturated carbocycles. The predicted molar refractivity (Wildman–Crippen MR) is 59.4 cm³/mol. The zero-order chi connectivity index (χ0) is 10.8. The molecule has 3 heteroatoms. The van der Waals surface area contributed by atoms with Gasteiger partial charge in [0.2, 0.25) is 0 Å².